The number of hydrogen-bond acceptors (Lipinski definition) is 7. The third-order valence-corrected chi connectivity index (χ3v) is 6.21. The number of nitriles is 1. The summed E-state index contributed by atoms with van der Waals surface area (Å²) in [4.78, 5) is 13.9. The molecule has 5 rings (SSSR count). The fraction of sp³-hybridized carbons (Fsp3) is 0.407. The molecule has 7 nitrogen and oxygen atoms in total. The van der Waals surface area contributed by atoms with Gasteiger partial charge in [-0.3, -0.25) is 0 Å². The summed E-state index contributed by atoms with van der Waals surface area (Å²) in [6.45, 7) is 2.16. The maximum absolute atomic E-state index is 13.4. The van der Waals surface area contributed by atoms with Gasteiger partial charge in [-0.1, -0.05) is 19.3 Å². The Balaban J connectivity index is 0.000000165. The predicted molar refractivity (Wildman–Crippen MR) is 138 cm³/mol. The third kappa shape index (κ3) is 8.72. The summed E-state index contributed by atoms with van der Waals surface area (Å²) in [5, 5.41) is 8.55. The van der Waals surface area contributed by atoms with E-state index in [9.17, 15) is 13.2 Å². The largest absolute Gasteiger partial charge is 0.384 e. The lowest BCUT2D eigenvalue weighted by Gasteiger charge is -2.27. The molecule has 37 heavy (non-hydrogen) atoms. The van der Waals surface area contributed by atoms with Gasteiger partial charge in [0.2, 0.25) is 5.82 Å². The van der Waals surface area contributed by atoms with E-state index < -0.39 is 17.5 Å². The SMILES string of the molecule is N#Cc1ncc(N2CCCCC2)cn1.NC1CCCCC1.Nc1cc(-c2cc(F)c(F)cc2F)ccn1. The topological polar surface area (TPSA) is 118 Å². The van der Waals surface area contributed by atoms with Gasteiger partial charge >= 0.3 is 0 Å². The van der Waals surface area contributed by atoms with Crippen molar-refractivity contribution in [2.75, 3.05) is 23.7 Å². The molecule has 2 aliphatic rings. The molecule has 1 saturated carbocycles. The number of pyridine rings is 1. The van der Waals surface area contributed by atoms with Gasteiger partial charge in [-0.25, -0.2) is 28.1 Å². The summed E-state index contributed by atoms with van der Waals surface area (Å²) in [6.07, 6.45) is 15.3. The quantitative estimate of drug-likeness (QED) is 0.445. The lowest BCUT2D eigenvalue weighted by Crippen LogP contribution is -2.29. The van der Waals surface area contributed by atoms with Crippen LogP contribution in [-0.4, -0.2) is 34.1 Å². The van der Waals surface area contributed by atoms with Crippen molar-refractivity contribution in [1.29, 1.82) is 5.26 Å². The van der Waals surface area contributed by atoms with Gasteiger partial charge in [0.15, 0.2) is 11.6 Å². The van der Waals surface area contributed by atoms with E-state index in [1.165, 1.54) is 69.7 Å². The first-order valence-electron chi connectivity index (χ1n) is 12.5. The van der Waals surface area contributed by atoms with E-state index in [2.05, 4.69) is 19.9 Å². The van der Waals surface area contributed by atoms with Crippen LogP contribution in [-0.2, 0) is 0 Å². The number of anilines is 2. The van der Waals surface area contributed by atoms with Crippen LogP contribution >= 0.6 is 0 Å². The van der Waals surface area contributed by atoms with Crippen molar-refractivity contribution < 1.29 is 13.2 Å². The Morgan fingerprint density at radius 3 is 2.03 bits per heavy atom. The molecule has 0 spiro atoms. The van der Waals surface area contributed by atoms with E-state index in [0.29, 0.717) is 17.7 Å². The van der Waals surface area contributed by atoms with Crippen LogP contribution in [0.1, 0.15) is 57.2 Å². The van der Waals surface area contributed by atoms with Crippen LogP contribution < -0.4 is 16.4 Å². The highest BCUT2D eigenvalue weighted by atomic mass is 19.2. The zero-order valence-electron chi connectivity index (χ0n) is 20.7. The number of benzene rings is 1. The Morgan fingerprint density at radius 1 is 0.838 bits per heavy atom. The molecule has 0 radical (unpaired) electrons. The van der Waals surface area contributed by atoms with Crippen LogP contribution in [0.2, 0.25) is 0 Å². The second kappa shape index (κ2) is 14.1. The molecule has 0 amide bonds. The molecule has 4 N–H and O–H groups in total. The van der Waals surface area contributed by atoms with Gasteiger partial charge in [0, 0.05) is 37.0 Å². The Hall–Kier alpha value is -3.71. The summed E-state index contributed by atoms with van der Waals surface area (Å²) >= 11 is 0. The summed E-state index contributed by atoms with van der Waals surface area (Å²) in [6, 6.07) is 6.59. The highest BCUT2D eigenvalue weighted by Crippen LogP contribution is 2.25. The fourth-order valence-corrected chi connectivity index (χ4v) is 4.19. The van der Waals surface area contributed by atoms with Crippen molar-refractivity contribution in [3.8, 4) is 17.2 Å². The number of aromatic nitrogens is 3. The molecule has 2 aromatic heterocycles. The molecule has 0 bridgehead atoms. The predicted octanol–water partition coefficient (Wildman–Crippen LogP) is 5.36. The van der Waals surface area contributed by atoms with Crippen LogP contribution in [0.25, 0.3) is 11.1 Å². The van der Waals surface area contributed by atoms with E-state index in [-0.39, 0.29) is 17.2 Å². The second-order valence-electron chi connectivity index (χ2n) is 9.04. The molecule has 196 valence electrons. The number of halogens is 3. The standard InChI is InChI=1S/C11H7F3N2.C10H12N4.C6H13N/c12-8-5-10(14)9(13)4-7(8)6-1-2-16-11(15)3-6;11-6-10-12-7-9(8-13-10)14-4-2-1-3-5-14;7-6-4-2-1-3-5-6/h1-5H,(H2,15,16);7-8H,1-5H2;6H,1-5,7H2. The first-order valence-corrected chi connectivity index (χ1v) is 12.5. The van der Waals surface area contributed by atoms with Crippen molar-refractivity contribution in [2.24, 2.45) is 5.73 Å². The van der Waals surface area contributed by atoms with Gasteiger partial charge in [-0.2, -0.15) is 5.26 Å². The molecule has 3 aromatic rings. The average molecular weight is 512 g/mol. The summed E-state index contributed by atoms with van der Waals surface area (Å²) in [5.74, 6) is -2.74. The average Bonchev–Trinajstić information content (AvgIpc) is 2.92. The Morgan fingerprint density at radius 2 is 1.46 bits per heavy atom. The lowest BCUT2D eigenvalue weighted by molar-refractivity contribution is 0.441. The normalized spacial score (nSPS) is 15.5. The van der Waals surface area contributed by atoms with Crippen LogP contribution in [0.4, 0.5) is 24.7 Å². The van der Waals surface area contributed by atoms with Gasteiger partial charge in [0.05, 0.1) is 18.1 Å². The Kier molecular flexibility index (Phi) is 10.6. The highest BCUT2D eigenvalue weighted by Gasteiger charge is 2.12. The zero-order chi connectivity index (χ0) is 26.6. The van der Waals surface area contributed by atoms with Crippen molar-refractivity contribution in [3.05, 3.63) is 66.1 Å². The maximum Gasteiger partial charge on any atom is 0.232 e. The number of hydrogen-bond donors (Lipinski definition) is 2. The number of nitrogen functional groups attached to an aromatic ring is 1. The van der Waals surface area contributed by atoms with E-state index in [1.807, 2.05) is 6.07 Å². The molecule has 2 fully saturated rings. The van der Waals surface area contributed by atoms with E-state index >= 15 is 0 Å². The smallest absolute Gasteiger partial charge is 0.232 e. The van der Waals surface area contributed by atoms with Gasteiger partial charge in [-0.15, -0.1) is 0 Å². The van der Waals surface area contributed by atoms with Gasteiger partial charge in [-0.05, 0) is 55.9 Å². The van der Waals surface area contributed by atoms with Crippen LogP contribution in [0.15, 0.2) is 42.9 Å². The summed E-state index contributed by atoms with van der Waals surface area (Å²) < 4.78 is 39.0. The number of nitrogens with two attached hydrogens (primary N) is 2. The van der Waals surface area contributed by atoms with E-state index in [0.717, 1.165) is 24.8 Å². The minimum absolute atomic E-state index is 0.0481. The molecule has 0 unspecified atom stereocenters. The third-order valence-electron chi connectivity index (χ3n) is 6.21. The van der Waals surface area contributed by atoms with Gasteiger partial charge in [0.25, 0.3) is 0 Å². The lowest BCUT2D eigenvalue weighted by atomic mass is 9.97. The maximum atomic E-state index is 13.4. The Bertz CT molecular complexity index is 1170. The van der Waals surface area contributed by atoms with Gasteiger partial charge < -0.3 is 16.4 Å². The highest BCUT2D eigenvalue weighted by molar-refractivity contribution is 5.66. The molecule has 10 heteroatoms. The fourth-order valence-electron chi connectivity index (χ4n) is 4.19. The number of rotatable bonds is 2. The summed E-state index contributed by atoms with van der Waals surface area (Å²) in [7, 11) is 0. The van der Waals surface area contributed by atoms with Crippen molar-refractivity contribution in [1.82, 2.24) is 15.0 Å². The molecule has 1 aliphatic carbocycles. The van der Waals surface area contributed by atoms with Crippen molar-refractivity contribution >= 4 is 11.5 Å². The van der Waals surface area contributed by atoms with Crippen LogP contribution in [0.5, 0.6) is 0 Å². The van der Waals surface area contributed by atoms with Crippen LogP contribution in [0.3, 0.4) is 0 Å². The molecule has 0 atom stereocenters. The van der Waals surface area contributed by atoms with Crippen molar-refractivity contribution in [2.45, 2.75) is 57.4 Å². The molecular weight excluding hydrogens is 479 g/mol. The minimum Gasteiger partial charge on any atom is -0.384 e. The molecule has 1 aliphatic heterocycles. The second-order valence-corrected chi connectivity index (χ2v) is 9.04. The van der Waals surface area contributed by atoms with E-state index in [1.54, 1.807) is 12.4 Å². The molecular formula is C27H32F3N7. The molecule has 3 heterocycles. The molecule has 1 aromatic carbocycles. The monoisotopic (exact) mass is 511 g/mol. The van der Waals surface area contributed by atoms with E-state index in [4.69, 9.17) is 16.7 Å². The first-order chi connectivity index (χ1) is 17.9. The van der Waals surface area contributed by atoms with Crippen LogP contribution in [0, 0.1) is 28.8 Å². The summed E-state index contributed by atoms with van der Waals surface area (Å²) in [5.41, 5.74) is 12.4. The first kappa shape index (κ1) is 27.9. The number of piperidine rings is 1. The Labute approximate surface area is 215 Å². The van der Waals surface area contributed by atoms with Crippen molar-refractivity contribution in [3.63, 3.8) is 0 Å². The number of nitrogens with zero attached hydrogens (tertiary/aromatic N) is 5. The zero-order valence-corrected chi connectivity index (χ0v) is 20.7. The minimum atomic E-state index is -1.22. The van der Waals surface area contributed by atoms with Gasteiger partial charge in [0.1, 0.15) is 17.7 Å². The molecule has 1 saturated heterocycles.